The summed E-state index contributed by atoms with van der Waals surface area (Å²) in [5, 5.41) is 3.97. The van der Waals surface area contributed by atoms with Crippen LogP contribution in [0.4, 0.5) is 0 Å². The topological polar surface area (TPSA) is 59.9 Å². The van der Waals surface area contributed by atoms with Gasteiger partial charge in [-0.05, 0) is 42.8 Å². The number of nitrogens with zero attached hydrogens (tertiary/aromatic N) is 1. The number of hydrogen-bond acceptors (Lipinski definition) is 4. The van der Waals surface area contributed by atoms with E-state index in [2.05, 4.69) is 42.4 Å². The van der Waals surface area contributed by atoms with E-state index in [0.29, 0.717) is 18.1 Å². The van der Waals surface area contributed by atoms with Gasteiger partial charge in [0.1, 0.15) is 11.5 Å². The zero-order valence-electron chi connectivity index (χ0n) is 13.7. The largest absolute Gasteiger partial charge is 0.493 e. The van der Waals surface area contributed by atoms with E-state index in [-0.39, 0.29) is 12.5 Å². The maximum absolute atomic E-state index is 11.8. The molecule has 132 valence electrons. The third-order valence-corrected chi connectivity index (χ3v) is 3.98. The van der Waals surface area contributed by atoms with Gasteiger partial charge in [-0.3, -0.25) is 4.79 Å². The van der Waals surface area contributed by atoms with Gasteiger partial charge in [-0.2, -0.15) is 5.10 Å². The van der Waals surface area contributed by atoms with Gasteiger partial charge in [0.25, 0.3) is 5.91 Å². The quantitative estimate of drug-likeness (QED) is 0.456. The SMILES string of the molecule is CCCOc1ccc(Br)cc1/C=N/NC(=O)COc1cccc(Br)c1. The van der Waals surface area contributed by atoms with E-state index >= 15 is 0 Å². The molecule has 0 fully saturated rings. The van der Waals surface area contributed by atoms with E-state index in [1.165, 1.54) is 0 Å². The van der Waals surface area contributed by atoms with Crippen molar-refractivity contribution in [3.8, 4) is 11.5 Å². The molecular weight excluding hydrogens is 452 g/mol. The zero-order valence-corrected chi connectivity index (χ0v) is 16.8. The normalized spacial score (nSPS) is 10.7. The molecule has 2 aromatic rings. The zero-order chi connectivity index (χ0) is 18.1. The first-order valence-corrected chi connectivity index (χ1v) is 9.29. The molecule has 0 aromatic heterocycles. The second kappa shape index (κ2) is 10.2. The molecule has 25 heavy (non-hydrogen) atoms. The Balaban J connectivity index is 1.89. The average Bonchev–Trinajstić information content (AvgIpc) is 2.59. The molecule has 0 saturated heterocycles. The Morgan fingerprint density at radius 1 is 1.16 bits per heavy atom. The van der Waals surface area contributed by atoms with Crippen LogP contribution in [0.5, 0.6) is 11.5 Å². The second-order valence-corrected chi connectivity index (χ2v) is 6.90. The average molecular weight is 470 g/mol. The number of hydrogen-bond donors (Lipinski definition) is 1. The van der Waals surface area contributed by atoms with Gasteiger partial charge in [0.2, 0.25) is 0 Å². The van der Waals surface area contributed by atoms with Crippen molar-refractivity contribution in [3.63, 3.8) is 0 Å². The van der Waals surface area contributed by atoms with Gasteiger partial charge in [0.15, 0.2) is 6.61 Å². The maximum atomic E-state index is 11.8. The Hall–Kier alpha value is -1.86. The van der Waals surface area contributed by atoms with Gasteiger partial charge < -0.3 is 9.47 Å². The van der Waals surface area contributed by atoms with Gasteiger partial charge in [-0.15, -0.1) is 0 Å². The first kappa shape index (κ1) is 19.5. The van der Waals surface area contributed by atoms with Gasteiger partial charge in [0, 0.05) is 14.5 Å². The van der Waals surface area contributed by atoms with E-state index in [0.717, 1.165) is 20.9 Å². The summed E-state index contributed by atoms with van der Waals surface area (Å²) in [6.45, 7) is 2.54. The lowest BCUT2D eigenvalue weighted by molar-refractivity contribution is -0.123. The Kier molecular flexibility index (Phi) is 7.94. The lowest BCUT2D eigenvalue weighted by atomic mass is 10.2. The van der Waals surface area contributed by atoms with Crippen LogP contribution in [0, 0.1) is 0 Å². The van der Waals surface area contributed by atoms with Crippen LogP contribution in [-0.2, 0) is 4.79 Å². The lowest BCUT2D eigenvalue weighted by Gasteiger charge is -2.08. The molecule has 0 aliphatic heterocycles. The molecule has 0 aliphatic rings. The number of nitrogens with one attached hydrogen (secondary N) is 1. The summed E-state index contributed by atoms with van der Waals surface area (Å²) < 4.78 is 12.9. The van der Waals surface area contributed by atoms with Gasteiger partial charge in [-0.25, -0.2) is 5.43 Å². The predicted molar refractivity (Wildman–Crippen MR) is 105 cm³/mol. The molecule has 2 aromatic carbocycles. The highest BCUT2D eigenvalue weighted by molar-refractivity contribution is 9.10. The summed E-state index contributed by atoms with van der Waals surface area (Å²) in [4.78, 5) is 11.8. The summed E-state index contributed by atoms with van der Waals surface area (Å²) in [6, 6.07) is 12.9. The molecule has 1 N–H and O–H groups in total. The van der Waals surface area contributed by atoms with Gasteiger partial charge >= 0.3 is 0 Å². The van der Waals surface area contributed by atoms with Crippen LogP contribution in [0.3, 0.4) is 0 Å². The Morgan fingerprint density at radius 2 is 1.96 bits per heavy atom. The molecule has 2 rings (SSSR count). The monoisotopic (exact) mass is 468 g/mol. The predicted octanol–water partition coefficient (Wildman–Crippen LogP) is 4.53. The maximum Gasteiger partial charge on any atom is 0.277 e. The molecule has 7 heteroatoms. The van der Waals surface area contributed by atoms with E-state index in [9.17, 15) is 4.79 Å². The van der Waals surface area contributed by atoms with Crippen LogP contribution in [0.25, 0.3) is 0 Å². The lowest BCUT2D eigenvalue weighted by Crippen LogP contribution is -2.24. The molecule has 0 aliphatic carbocycles. The number of carbonyl (C=O) groups excluding carboxylic acids is 1. The smallest absolute Gasteiger partial charge is 0.277 e. The van der Waals surface area contributed by atoms with Crippen LogP contribution >= 0.6 is 31.9 Å². The molecule has 0 unspecified atom stereocenters. The van der Waals surface area contributed by atoms with Crippen molar-refractivity contribution in [3.05, 3.63) is 57.0 Å². The number of rotatable bonds is 8. The van der Waals surface area contributed by atoms with E-state index in [4.69, 9.17) is 9.47 Å². The van der Waals surface area contributed by atoms with Crippen LogP contribution < -0.4 is 14.9 Å². The molecule has 0 spiro atoms. The number of amides is 1. The number of hydrazone groups is 1. The summed E-state index contributed by atoms with van der Waals surface area (Å²) in [5.74, 6) is 0.978. The molecular formula is C18H18Br2N2O3. The Bertz CT molecular complexity index is 751. The minimum absolute atomic E-state index is 0.120. The van der Waals surface area contributed by atoms with Crippen molar-refractivity contribution in [1.29, 1.82) is 0 Å². The van der Waals surface area contributed by atoms with E-state index in [1.807, 2.05) is 37.3 Å². The molecule has 1 amide bonds. The van der Waals surface area contributed by atoms with Crippen LogP contribution in [-0.4, -0.2) is 25.3 Å². The third kappa shape index (κ3) is 6.88. The van der Waals surface area contributed by atoms with Crippen molar-refractivity contribution < 1.29 is 14.3 Å². The summed E-state index contributed by atoms with van der Waals surface area (Å²) >= 11 is 6.76. The van der Waals surface area contributed by atoms with Crippen molar-refractivity contribution in [2.75, 3.05) is 13.2 Å². The van der Waals surface area contributed by atoms with Crippen molar-refractivity contribution in [2.45, 2.75) is 13.3 Å². The fraction of sp³-hybridized carbons (Fsp3) is 0.222. The van der Waals surface area contributed by atoms with E-state index < -0.39 is 0 Å². The van der Waals surface area contributed by atoms with Gasteiger partial charge in [-0.1, -0.05) is 44.8 Å². The van der Waals surface area contributed by atoms with Crippen LogP contribution in [0.1, 0.15) is 18.9 Å². The summed E-state index contributed by atoms with van der Waals surface area (Å²) in [7, 11) is 0. The highest BCUT2D eigenvalue weighted by Gasteiger charge is 2.04. The number of halogens is 2. The highest BCUT2D eigenvalue weighted by atomic mass is 79.9. The van der Waals surface area contributed by atoms with Crippen molar-refractivity contribution in [2.24, 2.45) is 5.10 Å². The Labute approximate surface area is 163 Å². The number of ether oxygens (including phenoxy) is 2. The van der Waals surface area contributed by atoms with Crippen LogP contribution in [0.15, 0.2) is 56.5 Å². The molecule has 0 saturated carbocycles. The minimum Gasteiger partial charge on any atom is -0.493 e. The fourth-order valence-corrected chi connectivity index (χ4v) is 2.63. The molecule has 0 bridgehead atoms. The molecule has 5 nitrogen and oxygen atoms in total. The third-order valence-electron chi connectivity index (χ3n) is 2.99. The number of benzene rings is 2. The number of carbonyl (C=O) groups is 1. The van der Waals surface area contributed by atoms with E-state index in [1.54, 1.807) is 18.3 Å². The van der Waals surface area contributed by atoms with Crippen molar-refractivity contribution >= 4 is 44.0 Å². The Morgan fingerprint density at radius 3 is 2.72 bits per heavy atom. The first-order valence-electron chi connectivity index (χ1n) is 7.71. The standard InChI is InChI=1S/C18H18Br2N2O3/c1-2-8-24-17-7-6-15(20)9-13(17)11-21-22-18(23)12-25-16-5-3-4-14(19)10-16/h3-7,9-11H,2,8,12H2,1H3,(H,22,23)/b21-11+. The summed E-state index contributed by atoms with van der Waals surface area (Å²) in [5.41, 5.74) is 3.22. The molecule has 0 radical (unpaired) electrons. The second-order valence-electron chi connectivity index (χ2n) is 5.07. The van der Waals surface area contributed by atoms with Gasteiger partial charge in [0.05, 0.1) is 12.8 Å². The molecule has 0 atom stereocenters. The minimum atomic E-state index is -0.345. The molecule has 0 heterocycles. The first-order chi connectivity index (χ1) is 12.1. The van der Waals surface area contributed by atoms with Crippen LogP contribution in [0.2, 0.25) is 0 Å². The fourth-order valence-electron chi connectivity index (χ4n) is 1.88. The summed E-state index contributed by atoms with van der Waals surface area (Å²) in [6.07, 6.45) is 2.46. The highest BCUT2D eigenvalue weighted by Crippen LogP contribution is 2.22. The van der Waals surface area contributed by atoms with Crippen molar-refractivity contribution in [1.82, 2.24) is 5.43 Å².